The lowest BCUT2D eigenvalue weighted by Gasteiger charge is -2.24. The molecule has 6 heteroatoms. The molecule has 2 heterocycles. The quantitative estimate of drug-likeness (QED) is 0.629. The van der Waals surface area contributed by atoms with E-state index in [9.17, 15) is 9.90 Å². The van der Waals surface area contributed by atoms with Crippen LogP contribution in [0.25, 0.3) is 27.6 Å². The molecule has 0 spiro atoms. The number of rotatable bonds is 6. The first kappa shape index (κ1) is 21.1. The molecule has 0 fully saturated rings. The van der Waals surface area contributed by atoms with Crippen LogP contribution in [0, 0.1) is 6.92 Å². The normalized spacial score (nSPS) is 14.3. The van der Waals surface area contributed by atoms with E-state index in [0.717, 1.165) is 41.7 Å². The highest BCUT2D eigenvalue weighted by Gasteiger charge is 2.21. The van der Waals surface area contributed by atoms with E-state index in [-0.39, 0.29) is 0 Å². The summed E-state index contributed by atoms with van der Waals surface area (Å²) in [5.41, 5.74) is 6.90. The van der Waals surface area contributed by atoms with Gasteiger partial charge in [-0.15, -0.1) is 0 Å². The Bertz CT molecular complexity index is 1130. The molecular weight excluding hydrogens is 388 g/mol. The SMILES string of the molecule is Cc1cccc(-c2ccc3c(C4=CCN(C(=O)O)CC4)n(CCCN(C)C)nc3c2)c1. The van der Waals surface area contributed by atoms with E-state index in [0.29, 0.717) is 19.5 Å². The van der Waals surface area contributed by atoms with Gasteiger partial charge in [-0.2, -0.15) is 5.10 Å². The van der Waals surface area contributed by atoms with Crippen LogP contribution in [0.3, 0.4) is 0 Å². The number of benzene rings is 2. The molecule has 0 bridgehead atoms. The van der Waals surface area contributed by atoms with Crippen molar-refractivity contribution in [2.24, 2.45) is 0 Å². The van der Waals surface area contributed by atoms with Crippen molar-refractivity contribution in [3.05, 3.63) is 59.8 Å². The molecule has 1 aliphatic rings. The highest BCUT2D eigenvalue weighted by atomic mass is 16.4. The van der Waals surface area contributed by atoms with Gasteiger partial charge in [0.25, 0.3) is 0 Å². The van der Waals surface area contributed by atoms with Gasteiger partial charge in [0.2, 0.25) is 0 Å². The summed E-state index contributed by atoms with van der Waals surface area (Å²) in [6.07, 6.45) is 2.90. The van der Waals surface area contributed by atoms with Crippen LogP contribution in [-0.4, -0.2) is 64.5 Å². The summed E-state index contributed by atoms with van der Waals surface area (Å²) in [4.78, 5) is 14.9. The van der Waals surface area contributed by atoms with Gasteiger partial charge in [0.1, 0.15) is 0 Å². The lowest BCUT2D eigenvalue weighted by molar-refractivity contribution is 0.150. The highest BCUT2D eigenvalue weighted by Crippen LogP contribution is 2.32. The molecule has 1 aliphatic heterocycles. The molecule has 0 saturated carbocycles. The first-order valence-corrected chi connectivity index (χ1v) is 10.8. The Balaban J connectivity index is 1.73. The van der Waals surface area contributed by atoms with E-state index in [2.05, 4.69) is 73.1 Å². The van der Waals surface area contributed by atoms with E-state index in [1.165, 1.54) is 21.6 Å². The van der Waals surface area contributed by atoms with Crippen molar-refractivity contribution in [3.63, 3.8) is 0 Å². The first-order valence-electron chi connectivity index (χ1n) is 10.8. The van der Waals surface area contributed by atoms with Gasteiger partial charge in [-0.1, -0.05) is 42.0 Å². The minimum atomic E-state index is -0.859. The molecule has 0 aliphatic carbocycles. The molecule has 0 saturated heterocycles. The highest BCUT2D eigenvalue weighted by molar-refractivity contribution is 5.93. The first-order chi connectivity index (χ1) is 14.9. The summed E-state index contributed by atoms with van der Waals surface area (Å²) in [6.45, 7) is 4.89. The smallest absolute Gasteiger partial charge is 0.407 e. The van der Waals surface area contributed by atoms with E-state index in [4.69, 9.17) is 5.10 Å². The second-order valence-corrected chi connectivity index (χ2v) is 8.54. The average molecular weight is 419 g/mol. The number of amides is 1. The number of aryl methyl sites for hydroxylation is 2. The summed E-state index contributed by atoms with van der Waals surface area (Å²) in [5, 5.41) is 15.4. The monoisotopic (exact) mass is 418 g/mol. The number of nitrogens with zero attached hydrogens (tertiary/aromatic N) is 4. The lowest BCUT2D eigenvalue weighted by atomic mass is 9.98. The van der Waals surface area contributed by atoms with Gasteiger partial charge >= 0.3 is 6.09 Å². The third-order valence-corrected chi connectivity index (χ3v) is 5.85. The summed E-state index contributed by atoms with van der Waals surface area (Å²) in [7, 11) is 4.16. The maximum absolute atomic E-state index is 11.3. The Morgan fingerprint density at radius 2 is 1.97 bits per heavy atom. The summed E-state index contributed by atoms with van der Waals surface area (Å²) in [6, 6.07) is 15.0. The molecule has 6 nitrogen and oxygen atoms in total. The molecule has 0 unspecified atom stereocenters. The van der Waals surface area contributed by atoms with Crippen LogP contribution in [0.4, 0.5) is 4.79 Å². The number of carbonyl (C=O) groups is 1. The molecular formula is C25H30N4O2. The Labute approximate surface area is 183 Å². The van der Waals surface area contributed by atoms with E-state index >= 15 is 0 Å². The van der Waals surface area contributed by atoms with Gasteiger partial charge in [-0.3, -0.25) is 4.68 Å². The zero-order valence-corrected chi connectivity index (χ0v) is 18.5. The van der Waals surface area contributed by atoms with Crippen molar-refractivity contribution in [1.29, 1.82) is 0 Å². The maximum atomic E-state index is 11.3. The zero-order valence-electron chi connectivity index (χ0n) is 18.5. The minimum absolute atomic E-state index is 0.427. The molecule has 1 aromatic heterocycles. The van der Waals surface area contributed by atoms with Crippen molar-refractivity contribution in [3.8, 4) is 11.1 Å². The fourth-order valence-electron chi connectivity index (χ4n) is 4.23. The Kier molecular flexibility index (Phi) is 6.09. The molecule has 3 aromatic rings. The van der Waals surface area contributed by atoms with Crippen molar-refractivity contribution in [2.45, 2.75) is 26.3 Å². The Morgan fingerprint density at radius 3 is 2.65 bits per heavy atom. The molecule has 0 atom stereocenters. The van der Waals surface area contributed by atoms with Gasteiger partial charge in [0, 0.05) is 25.0 Å². The third kappa shape index (κ3) is 4.64. The molecule has 4 rings (SSSR count). The van der Waals surface area contributed by atoms with E-state index in [1.54, 1.807) is 0 Å². The number of carboxylic acid groups (broad SMARTS) is 1. The molecule has 162 valence electrons. The van der Waals surface area contributed by atoms with Crippen LogP contribution in [0.1, 0.15) is 24.1 Å². The molecule has 1 amide bonds. The zero-order chi connectivity index (χ0) is 22.0. The second-order valence-electron chi connectivity index (χ2n) is 8.54. The van der Waals surface area contributed by atoms with Crippen LogP contribution in [0.2, 0.25) is 0 Å². The van der Waals surface area contributed by atoms with Crippen molar-refractivity contribution in [1.82, 2.24) is 19.6 Å². The van der Waals surface area contributed by atoms with Crippen LogP contribution >= 0.6 is 0 Å². The van der Waals surface area contributed by atoms with Crippen LogP contribution in [-0.2, 0) is 6.54 Å². The van der Waals surface area contributed by atoms with Crippen molar-refractivity contribution in [2.75, 3.05) is 33.7 Å². The van der Waals surface area contributed by atoms with E-state index in [1.807, 2.05) is 6.08 Å². The second kappa shape index (κ2) is 8.94. The predicted molar refractivity (Wildman–Crippen MR) is 125 cm³/mol. The number of hydrogen-bond donors (Lipinski definition) is 1. The molecule has 2 aromatic carbocycles. The molecule has 1 N–H and O–H groups in total. The van der Waals surface area contributed by atoms with Gasteiger partial charge in [-0.25, -0.2) is 4.79 Å². The fourth-order valence-corrected chi connectivity index (χ4v) is 4.23. The van der Waals surface area contributed by atoms with Gasteiger partial charge in [-0.05, 0) is 69.2 Å². The van der Waals surface area contributed by atoms with Crippen molar-refractivity contribution < 1.29 is 9.90 Å². The maximum Gasteiger partial charge on any atom is 0.407 e. The van der Waals surface area contributed by atoms with Gasteiger partial charge < -0.3 is 14.9 Å². The van der Waals surface area contributed by atoms with E-state index < -0.39 is 6.09 Å². The van der Waals surface area contributed by atoms with Crippen molar-refractivity contribution >= 4 is 22.6 Å². The fraction of sp³-hybridized carbons (Fsp3) is 0.360. The predicted octanol–water partition coefficient (Wildman–Crippen LogP) is 4.73. The molecule has 31 heavy (non-hydrogen) atoms. The lowest BCUT2D eigenvalue weighted by Crippen LogP contribution is -2.33. The Hall–Kier alpha value is -3.12. The Morgan fingerprint density at radius 1 is 1.16 bits per heavy atom. The number of hydrogen-bond acceptors (Lipinski definition) is 3. The summed E-state index contributed by atoms with van der Waals surface area (Å²) < 4.78 is 2.12. The van der Waals surface area contributed by atoms with Crippen LogP contribution in [0.5, 0.6) is 0 Å². The number of aromatic nitrogens is 2. The number of fused-ring (bicyclic) bond motifs is 1. The average Bonchev–Trinajstić information content (AvgIpc) is 3.11. The molecule has 0 radical (unpaired) electrons. The standard InChI is InChI=1S/C25H30N4O2/c1-18-6-4-7-20(16-18)21-8-9-22-23(17-21)26-29(13-5-12-27(2)3)24(22)19-10-14-28(15-11-19)25(30)31/h4,6-10,16-17H,5,11-15H2,1-3H3,(H,30,31). The largest absolute Gasteiger partial charge is 0.465 e. The van der Waals surface area contributed by atoms with Gasteiger partial charge in [0.15, 0.2) is 0 Å². The third-order valence-electron chi connectivity index (χ3n) is 5.85. The summed E-state index contributed by atoms with van der Waals surface area (Å²) >= 11 is 0. The summed E-state index contributed by atoms with van der Waals surface area (Å²) in [5.74, 6) is 0. The van der Waals surface area contributed by atoms with Crippen LogP contribution < -0.4 is 0 Å². The van der Waals surface area contributed by atoms with Crippen LogP contribution in [0.15, 0.2) is 48.5 Å². The topological polar surface area (TPSA) is 61.6 Å². The minimum Gasteiger partial charge on any atom is -0.465 e. The van der Waals surface area contributed by atoms with Gasteiger partial charge in [0.05, 0.1) is 11.2 Å².